The molecule has 14 heteroatoms. The van der Waals surface area contributed by atoms with Gasteiger partial charge in [-0.25, -0.2) is 4.98 Å². The van der Waals surface area contributed by atoms with Crippen LogP contribution in [0.1, 0.15) is 23.1 Å². The van der Waals surface area contributed by atoms with Crippen LogP contribution in [0.3, 0.4) is 0 Å². The van der Waals surface area contributed by atoms with Gasteiger partial charge in [0.05, 0.1) is 6.20 Å². The SMILES string of the molecule is CO[C@@H](C(=O)Nc1nnc(C[C@@H]2CCN(c3cncnn3)C2)s1)c1cccc(OC(F)(F)F)c1. The fourth-order valence-corrected chi connectivity index (χ4v) is 4.52. The van der Waals surface area contributed by atoms with Crippen molar-refractivity contribution in [1.29, 1.82) is 0 Å². The van der Waals surface area contributed by atoms with Crippen LogP contribution in [0.2, 0.25) is 0 Å². The number of halogens is 3. The van der Waals surface area contributed by atoms with Gasteiger partial charge in [0.2, 0.25) is 5.13 Å². The fourth-order valence-electron chi connectivity index (χ4n) is 3.67. The van der Waals surface area contributed by atoms with Gasteiger partial charge >= 0.3 is 6.36 Å². The third kappa shape index (κ3) is 6.14. The van der Waals surface area contributed by atoms with Crippen LogP contribution >= 0.6 is 11.3 Å². The Bertz CT molecular complexity index is 1120. The Balaban J connectivity index is 1.35. The maximum Gasteiger partial charge on any atom is 0.573 e. The molecule has 1 saturated heterocycles. The van der Waals surface area contributed by atoms with Gasteiger partial charge in [-0.1, -0.05) is 23.5 Å². The molecule has 4 rings (SSSR count). The highest BCUT2D eigenvalue weighted by Gasteiger charge is 2.32. The van der Waals surface area contributed by atoms with Gasteiger partial charge in [-0.2, -0.15) is 0 Å². The quantitative estimate of drug-likeness (QED) is 0.503. The highest BCUT2D eigenvalue weighted by molar-refractivity contribution is 7.15. The number of ether oxygens (including phenoxy) is 2. The molecule has 2 atom stereocenters. The van der Waals surface area contributed by atoms with E-state index < -0.39 is 24.1 Å². The van der Waals surface area contributed by atoms with Gasteiger partial charge in [0, 0.05) is 26.6 Å². The first-order valence-electron chi connectivity index (χ1n) is 10.2. The molecule has 1 aromatic carbocycles. The predicted octanol–water partition coefficient (Wildman–Crippen LogP) is 3.02. The van der Waals surface area contributed by atoms with E-state index in [-0.39, 0.29) is 10.7 Å². The number of aromatic nitrogens is 5. The molecule has 0 aliphatic carbocycles. The highest BCUT2D eigenvalue weighted by Crippen LogP contribution is 2.29. The normalized spacial score (nSPS) is 16.9. The zero-order chi connectivity index (χ0) is 24.1. The lowest BCUT2D eigenvalue weighted by molar-refractivity contribution is -0.274. The molecule has 3 aromatic rings. The number of carbonyl (C=O) groups is 1. The first kappa shape index (κ1) is 23.8. The third-order valence-electron chi connectivity index (χ3n) is 5.11. The van der Waals surface area contributed by atoms with Gasteiger partial charge in [-0.05, 0) is 30.0 Å². The van der Waals surface area contributed by atoms with Gasteiger partial charge in [0.1, 0.15) is 17.1 Å². The van der Waals surface area contributed by atoms with Gasteiger partial charge < -0.3 is 14.4 Å². The van der Waals surface area contributed by atoms with Crippen molar-refractivity contribution in [1.82, 2.24) is 25.4 Å². The van der Waals surface area contributed by atoms with E-state index in [1.54, 1.807) is 6.20 Å². The second kappa shape index (κ2) is 10.3. The second-order valence-corrected chi connectivity index (χ2v) is 8.56. The average molecular weight is 495 g/mol. The Morgan fingerprint density at radius 2 is 2.18 bits per heavy atom. The van der Waals surface area contributed by atoms with E-state index in [9.17, 15) is 18.0 Å². The van der Waals surface area contributed by atoms with Crippen LogP contribution in [0.5, 0.6) is 5.75 Å². The van der Waals surface area contributed by atoms with Crippen molar-refractivity contribution < 1.29 is 27.4 Å². The number of benzene rings is 1. The summed E-state index contributed by atoms with van der Waals surface area (Å²) in [7, 11) is 1.28. The van der Waals surface area contributed by atoms with E-state index in [0.717, 1.165) is 42.5 Å². The summed E-state index contributed by atoms with van der Waals surface area (Å²) < 4.78 is 46.6. The van der Waals surface area contributed by atoms with E-state index in [1.807, 2.05) is 0 Å². The molecule has 34 heavy (non-hydrogen) atoms. The van der Waals surface area contributed by atoms with E-state index in [1.165, 1.54) is 36.9 Å². The van der Waals surface area contributed by atoms with Crippen molar-refractivity contribution in [2.45, 2.75) is 25.3 Å². The number of nitrogens with one attached hydrogen (secondary N) is 1. The van der Waals surface area contributed by atoms with E-state index in [0.29, 0.717) is 12.3 Å². The smallest absolute Gasteiger partial charge is 0.406 e. The number of rotatable bonds is 8. The maximum atomic E-state index is 12.7. The van der Waals surface area contributed by atoms with Gasteiger partial charge in [0.15, 0.2) is 11.9 Å². The van der Waals surface area contributed by atoms with Crippen LogP contribution in [0.15, 0.2) is 36.8 Å². The van der Waals surface area contributed by atoms with Crippen molar-refractivity contribution in [3.63, 3.8) is 0 Å². The van der Waals surface area contributed by atoms with Crippen molar-refractivity contribution in [2.75, 3.05) is 30.4 Å². The minimum atomic E-state index is -4.84. The molecule has 0 bridgehead atoms. The monoisotopic (exact) mass is 495 g/mol. The number of methoxy groups -OCH3 is 1. The molecule has 1 aliphatic rings. The number of hydrogen-bond acceptors (Lipinski definition) is 10. The lowest BCUT2D eigenvalue weighted by Gasteiger charge is -2.16. The molecule has 0 saturated carbocycles. The summed E-state index contributed by atoms with van der Waals surface area (Å²) in [6, 6.07) is 5.07. The van der Waals surface area contributed by atoms with Crippen LogP contribution in [0.25, 0.3) is 0 Å². The van der Waals surface area contributed by atoms with Crippen molar-refractivity contribution in [3.8, 4) is 5.75 Å². The highest BCUT2D eigenvalue weighted by atomic mass is 32.1. The second-order valence-electron chi connectivity index (χ2n) is 7.50. The molecule has 1 aliphatic heterocycles. The number of hydrogen-bond donors (Lipinski definition) is 1. The van der Waals surface area contributed by atoms with Crippen molar-refractivity contribution in [2.24, 2.45) is 5.92 Å². The minimum Gasteiger partial charge on any atom is -0.406 e. The summed E-state index contributed by atoms with van der Waals surface area (Å²) >= 11 is 1.24. The Morgan fingerprint density at radius 3 is 2.91 bits per heavy atom. The molecular formula is C20H20F3N7O3S. The number of nitrogens with zero attached hydrogens (tertiary/aromatic N) is 6. The molecule has 2 aromatic heterocycles. The third-order valence-corrected chi connectivity index (χ3v) is 5.97. The molecule has 1 fully saturated rings. The molecule has 0 spiro atoms. The first-order chi connectivity index (χ1) is 16.3. The summed E-state index contributed by atoms with van der Waals surface area (Å²) in [6.07, 6.45) is -1.32. The van der Waals surface area contributed by atoms with Crippen LogP contribution in [-0.2, 0) is 16.0 Å². The summed E-state index contributed by atoms with van der Waals surface area (Å²) in [5, 5.41) is 19.7. The van der Waals surface area contributed by atoms with Gasteiger partial charge in [-0.15, -0.1) is 33.6 Å². The first-order valence-corrected chi connectivity index (χ1v) is 11.0. The summed E-state index contributed by atoms with van der Waals surface area (Å²) in [5.41, 5.74) is 0.205. The predicted molar refractivity (Wildman–Crippen MR) is 115 cm³/mol. The number of anilines is 2. The Kier molecular flexibility index (Phi) is 7.17. The number of amides is 1. The Labute approximate surface area is 196 Å². The molecule has 0 unspecified atom stereocenters. The summed E-state index contributed by atoms with van der Waals surface area (Å²) in [4.78, 5) is 18.8. The standard InChI is InChI=1S/C20H20F3N7O3S/c1-32-17(13-3-2-4-14(8-13)33-20(21,22)23)18(31)26-19-29-28-16(34-19)7-12-5-6-30(10-12)15-9-24-11-25-27-15/h2-4,8-9,11-12,17H,5-7,10H2,1H3,(H,26,29,31)/t12-,17+/m0/s1. The zero-order valence-electron chi connectivity index (χ0n) is 17.9. The topological polar surface area (TPSA) is 115 Å². The van der Waals surface area contributed by atoms with Crippen LogP contribution < -0.4 is 15.0 Å². The lowest BCUT2D eigenvalue weighted by Crippen LogP contribution is -2.23. The molecular weight excluding hydrogens is 475 g/mol. The van der Waals surface area contributed by atoms with Crippen molar-refractivity contribution in [3.05, 3.63) is 47.4 Å². The minimum absolute atomic E-state index is 0.205. The number of alkyl halides is 3. The molecule has 0 radical (unpaired) electrons. The summed E-state index contributed by atoms with van der Waals surface area (Å²) in [5.74, 6) is 0.0320. The molecule has 3 heterocycles. The maximum absolute atomic E-state index is 12.7. The lowest BCUT2D eigenvalue weighted by atomic mass is 10.1. The molecule has 1 amide bonds. The zero-order valence-corrected chi connectivity index (χ0v) is 18.7. The molecule has 10 nitrogen and oxygen atoms in total. The van der Waals surface area contributed by atoms with E-state index >= 15 is 0 Å². The molecule has 1 N–H and O–H groups in total. The van der Waals surface area contributed by atoms with Gasteiger partial charge in [0.25, 0.3) is 5.91 Å². The Hall–Kier alpha value is -3.39. The largest absolute Gasteiger partial charge is 0.573 e. The Morgan fingerprint density at radius 1 is 1.32 bits per heavy atom. The average Bonchev–Trinajstić information content (AvgIpc) is 3.44. The summed E-state index contributed by atoms with van der Waals surface area (Å²) in [6.45, 7) is 1.61. The van der Waals surface area contributed by atoms with E-state index in [4.69, 9.17) is 4.74 Å². The van der Waals surface area contributed by atoms with Gasteiger partial charge in [-0.3, -0.25) is 10.1 Å². The molecule has 180 valence electrons. The van der Waals surface area contributed by atoms with E-state index in [2.05, 4.69) is 40.3 Å². The fraction of sp³-hybridized carbons (Fsp3) is 0.400. The number of carbonyl (C=O) groups excluding carboxylic acids is 1. The van der Waals surface area contributed by atoms with Crippen LogP contribution in [0, 0.1) is 5.92 Å². The van der Waals surface area contributed by atoms with Crippen molar-refractivity contribution >= 4 is 28.2 Å². The van der Waals surface area contributed by atoms with Crippen LogP contribution in [0.4, 0.5) is 24.1 Å². The van der Waals surface area contributed by atoms with Crippen LogP contribution in [-0.4, -0.2) is 57.8 Å².